The number of sulfonamides is 1. The Labute approximate surface area is 152 Å². The third kappa shape index (κ3) is 3.93. The van der Waals surface area contributed by atoms with Crippen molar-refractivity contribution in [1.29, 1.82) is 0 Å². The van der Waals surface area contributed by atoms with E-state index in [1.807, 2.05) is 19.1 Å². The fraction of sp³-hybridized carbons (Fsp3) is 0.600. The smallest absolute Gasteiger partial charge is 0.239 e. The van der Waals surface area contributed by atoms with Gasteiger partial charge in [-0.05, 0) is 41.0 Å². The molecule has 0 aromatic heterocycles. The number of nitrogens with zero attached hydrogens (tertiary/aromatic N) is 1. The number of hydrogen-bond donors (Lipinski definition) is 1. The van der Waals surface area contributed by atoms with E-state index >= 15 is 0 Å². The second-order valence-corrected chi connectivity index (χ2v) is 10.8. The summed E-state index contributed by atoms with van der Waals surface area (Å²) < 4.78 is 26.6. The standard InChI is InChI=1S/C20H31NO3S/c1-8-21-10-9-15(25(21,23)24)11-14-12-16(19(2,3)4)18(22)17(13-14)20(5,6)7/h11-13,22H,8-10H2,1-7H3/b15-11+. The molecule has 0 saturated carbocycles. The molecule has 140 valence electrons. The molecule has 0 spiro atoms. The summed E-state index contributed by atoms with van der Waals surface area (Å²) in [6.07, 6.45) is 2.31. The molecule has 4 nitrogen and oxygen atoms in total. The third-order valence-electron chi connectivity index (χ3n) is 4.71. The summed E-state index contributed by atoms with van der Waals surface area (Å²) in [6, 6.07) is 3.84. The largest absolute Gasteiger partial charge is 0.507 e. The van der Waals surface area contributed by atoms with E-state index in [1.165, 1.54) is 4.31 Å². The quantitative estimate of drug-likeness (QED) is 0.846. The Morgan fingerprint density at radius 2 is 1.56 bits per heavy atom. The van der Waals surface area contributed by atoms with Gasteiger partial charge in [-0.25, -0.2) is 8.42 Å². The molecule has 1 aliphatic heterocycles. The Balaban J connectivity index is 2.66. The van der Waals surface area contributed by atoms with Gasteiger partial charge in [0.1, 0.15) is 5.75 Å². The lowest BCUT2D eigenvalue weighted by Crippen LogP contribution is -2.24. The minimum Gasteiger partial charge on any atom is -0.507 e. The lowest BCUT2D eigenvalue weighted by Gasteiger charge is -2.28. The van der Waals surface area contributed by atoms with Crippen molar-refractivity contribution in [3.05, 3.63) is 33.7 Å². The lowest BCUT2D eigenvalue weighted by molar-refractivity contribution is 0.423. The van der Waals surface area contributed by atoms with E-state index in [4.69, 9.17) is 0 Å². The highest BCUT2D eigenvalue weighted by Crippen LogP contribution is 2.40. The maximum atomic E-state index is 12.6. The first-order valence-corrected chi connectivity index (χ1v) is 10.3. The van der Waals surface area contributed by atoms with Crippen LogP contribution in [-0.4, -0.2) is 30.9 Å². The Morgan fingerprint density at radius 3 is 1.92 bits per heavy atom. The first kappa shape index (κ1) is 20.0. The molecule has 1 fully saturated rings. The third-order valence-corrected chi connectivity index (χ3v) is 6.81. The minimum absolute atomic E-state index is 0.234. The summed E-state index contributed by atoms with van der Waals surface area (Å²) in [5, 5.41) is 10.8. The zero-order valence-electron chi connectivity index (χ0n) is 16.5. The van der Waals surface area contributed by atoms with E-state index in [-0.39, 0.29) is 10.8 Å². The highest BCUT2D eigenvalue weighted by Gasteiger charge is 2.33. The van der Waals surface area contributed by atoms with Crippen molar-refractivity contribution in [3.63, 3.8) is 0 Å². The van der Waals surface area contributed by atoms with E-state index in [0.29, 0.717) is 30.2 Å². The average Bonchev–Trinajstić information content (AvgIpc) is 2.72. The van der Waals surface area contributed by atoms with Crippen LogP contribution < -0.4 is 0 Å². The summed E-state index contributed by atoms with van der Waals surface area (Å²) in [4.78, 5) is 0.458. The van der Waals surface area contributed by atoms with Crippen LogP contribution in [-0.2, 0) is 20.9 Å². The molecule has 1 aliphatic rings. The molecule has 0 aliphatic carbocycles. The van der Waals surface area contributed by atoms with Crippen LogP contribution >= 0.6 is 0 Å². The van der Waals surface area contributed by atoms with Gasteiger partial charge in [-0.3, -0.25) is 0 Å². The van der Waals surface area contributed by atoms with Gasteiger partial charge in [0, 0.05) is 24.2 Å². The molecule has 0 radical (unpaired) electrons. The van der Waals surface area contributed by atoms with Gasteiger partial charge in [0.05, 0.1) is 4.91 Å². The van der Waals surface area contributed by atoms with Gasteiger partial charge in [-0.1, -0.05) is 48.5 Å². The number of benzene rings is 1. The molecule has 2 rings (SSSR count). The summed E-state index contributed by atoms with van der Waals surface area (Å²) in [5.74, 6) is 0.312. The van der Waals surface area contributed by atoms with Crippen LogP contribution in [0.2, 0.25) is 0 Å². The maximum absolute atomic E-state index is 12.6. The Kier molecular flexibility index (Phi) is 5.15. The number of hydrogen-bond acceptors (Lipinski definition) is 3. The van der Waals surface area contributed by atoms with Crippen LogP contribution in [0.1, 0.15) is 71.6 Å². The molecule has 1 saturated heterocycles. The molecular formula is C20H31NO3S. The number of aromatic hydroxyl groups is 1. The molecular weight excluding hydrogens is 334 g/mol. The molecule has 0 atom stereocenters. The van der Waals surface area contributed by atoms with Gasteiger partial charge in [-0.2, -0.15) is 4.31 Å². The second kappa shape index (κ2) is 6.44. The van der Waals surface area contributed by atoms with E-state index < -0.39 is 10.0 Å². The first-order chi connectivity index (χ1) is 11.3. The Hall–Kier alpha value is -1.33. The number of rotatable bonds is 2. The van der Waals surface area contributed by atoms with Gasteiger partial charge in [0.2, 0.25) is 10.0 Å². The van der Waals surface area contributed by atoms with E-state index in [1.54, 1.807) is 6.08 Å². The van der Waals surface area contributed by atoms with Crippen molar-refractivity contribution in [3.8, 4) is 5.75 Å². The monoisotopic (exact) mass is 365 g/mol. The van der Waals surface area contributed by atoms with Crippen LogP contribution in [0.15, 0.2) is 17.0 Å². The summed E-state index contributed by atoms with van der Waals surface area (Å²) in [6.45, 7) is 15.2. The van der Waals surface area contributed by atoms with Crippen LogP contribution in [0, 0.1) is 0 Å². The van der Waals surface area contributed by atoms with Crippen LogP contribution in [0.5, 0.6) is 5.75 Å². The molecule has 1 aromatic rings. The number of phenols is 1. The lowest BCUT2D eigenvalue weighted by atomic mass is 9.78. The molecule has 0 amide bonds. The van der Waals surface area contributed by atoms with Crippen LogP contribution in [0.3, 0.4) is 0 Å². The minimum atomic E-state index is -3.35. The van der Waals surface area contributed by atoms with E-state index in [9.17, 15) is 13.5 Å². The van der Waals surface area contributed by atoms with Gasteiger partial charge >= 0.3 is 0 Å². The van der Waals surface area contributed by atoms with Crippen molar-refractivity contribution in [1.82, 2.24) is 4.31 Å². The maximum Gasteiger partial charge on any atom is 0.239 e. The summed E-state index contributed by atoms with van der Waals surface area (Å²) in [5.41, 5.74) is 2.05. The van der Waals surface area contributed by atoms with Crippen molar-refractivity contribution in [2.75, 3.05) is 13.1 Å². The predicted octanol–water partition coefficient (Wildman–Crippen LogP) is 4.38. The molecule has 0 unspecified atom stereocenters. The molecule has 1 aromatic carbocycles. The molecule has 0 bridgehead atoms. The van der Waals surface area contributed by atoms with Gasteiger partial charge in [0.25, 0.3) is 0 Å². The molecule has 25 heavy (non-hydrogen) atoms. The molecule has 5 heteroatoms. The number of phenolic OH excluding ortho intramolecular Hbond substituents is 1. The molecule has 1 N–H and O–H groups in total. The zero-order chi connectivity index (χ0) is 19.2. The Bertz CT molecular complexity index is 758. The van der Waals surface area contributed by atoms with Crippen molar-refractivity contribution in [2.24, 2.45) is 0 Å². The highest BCUT2D eigenvalue weighted by molar-refractivity contribution is 7.93. The van der Waals surface area contributed by atoms with Crippen molar-refractivity contribution >= 4 is 16.1 Å². The van der Waals surface area contributed by atoms with Gasteiger partial charge in [0.15, 0.2) is 0 Å². The van der Waals surface area contributed by atoms with Crippen LogP contribution in [0.25, 0.3) is 6.08 Å². The molecule has 1 heterocycles. The zero-order valence-corrected chi connectivity index (χ0v) is 17.3. The fourth-order valence-corrected chi connectivity index (χ4v) is 4.83. The topological polar surface area (TPSA) is 57.6 Å². The first-order valence-electron chi connectivity index (χ1n) is 8.87. The SMILES string of the molecule is CCN1CC/C(=C\c2cc(C(C)(C)C)c(O)c(C(C)(C)C)c2)S1(=O)=O. The van der Waals surface area contributed by atoms with Crippen LogP contribution in [0.4, 0.5) is 0 Å². The fourth-order valence-electron chi connectivity index (χ4n) is 3.19. The van der Waals surface area contributed by atoms with Gasteiger partial charge < -0.3 is 5.11 Å². The highest BCUT2D eigenvalue weighted by atomic mass is 32.2. The van der Waals surface area contributed by atoms with Crippen molar-refractivity contribution < 1.29 is 13.5 Å². The summed E-state index contributed by atoms with van der Waals surface area (Å²) in [7, 11) is -3.35. The Morgan fingerprint density at radius 1 is 1.08 bits per heavy atom. The van der Waals surface area contributed by atoms with E-state index in [0.717, 1.165) is 16.7 Å². The second-order valence-electron chi connectivity index (χ2n) is 8.82. The predicted molar refractivity (Wildman–Crippen MR) is 104 cm³/mol. The van der Waals surface area contributed by atoms with Gasteiger partial charge in [-0.15, -0.1) is 0 Å². The van der Waals surface area contributed by atoms with E-state index in [2.05, 4.69) is 41.5 Å². The van der Waals surface area contributed by atoms with Crippen molar-refractivity contribution in [2.45, 2.75) is 65.7 Å². The normalized spacial score (nSPS) is 20.4. The summed E-state index contributed by atoms with van der Waals surface area (Å²) >= 11 is 0. The average molecular weight is 366 g/mol.